The number of rotatable bonds is 11. The molecule has 0 unspecified atom stereocenters. The van der Waals surface area contributed by atoms with Crippen LogP contribution < -0.4 is 9.80 Å². The monoisotopic (exact) mass is 933 g/mol. The molecule has 0 saturated carbocycles. The van der Waals surface area contributed by atoms with Gasteiger partial charge in [0.25, 0.3) is 10.1 Å². The molecule has 4 aliphatic heterocycles. The van der Waals surface area contributed by atoms with E-state index < -0.39 is 21.3 Å². The van der Waals surface area contributed by atoms with E-state index in [0.29, 0.717) is 32.1 Å². The first kappa shape index (κ1) is 51.0. The van der Waals surface area contributed by atoms with Crippen molar-refractivity contribution < 1.29 is 36.8 Å². The lowest BCUT2D eigenvalue weighted by Crippen LogP contribution is -2.49. The summed E-state index contributed by atoms with van der Waals surface area (Å²) in [5.41, 5.74) is 7.59. The molecule has 0 spiro atoms. The normalized spacial score (nSPS) is 20.0. The van der Waals surface area contributed by atoms with Gasteiger partial charge in [-0.1, -0.05) is 42.0 Å². The SMILES string of the molecule is Cc1ccc(CN2CCN(C(=O)OC(C)(C)C)CC2)c(N2CC[C@H](CO)C2)c1.Cc1ccc(S(=O)(=O)OC[C@H]2CCN(c3cc(C)ccc3CN3CCN(C(=O)OC(C)(C)C)CC3)C2)cc1. The summed E-state index contributed by atoms with van der Waals surface area (Å²) >= 11 is 0. The van der Waals surface area contributed by atoms with E-state index in [4.69, 9.17) is 13.7 Å². The lowest BCUT2D eigenvalue weighted by Gasteiger charge is -2.36. The highest BCUT2D eigenvalue weighted by atomic mass is 32.2. The second kappa shape index (κ2) is 22.1. The number of amides is 2. The van der Waals surface area contributed by atoms with Crippen molar-refractivity contribution in [2.45, 2.75) is 104 Å². The Balaban J connectivity index is 0.000000229. The molecule has 2 amide bonds. The molecule has 3 aromatic carbocycles. The summed E-state index contributed by atoms with van der Waals surface area (Å²) in [7, 11) is -3.76. The van der Waals surface area contributed by atoms with Gasteiger partial charge in [-0.25, -0.2) is 9.59 Å². The molecule has 364 valence electrons. The maximum Gasteiger partial charge on any atom is 0.410 e. The number of carbonyl (C=O) groups excluding carboxylic acids is 2. The maximum absolute atomic E-state index is 12.6. The van der Waals surface area contributed by atoms with Crippen LogP contribution in [0.15, 0.2) is 65.6 Å². The van der Waals surface area contributed by atoms with E-state index in [9.17, 15) is 23.1 Å². The van der Waals surface area contributed by atoms with Crippen molar-refractivity contribution in [3.8, 4) is 0 Å². The summed E-state index contributed by atoms with van der Waals surface area (Å²) in [6, 6.07) is 20.0. The Morgan fingerprint density at radius 2 is 1.00 bits per heavy atom. The Kier molecular flexibility index (Phi) is 17.1. The fraction of sp³-hybridized carbons (Fsp3) is 0.608. The Morgan fingerprint density at radius 3 is 1.41 bits per heavy atom. The summed E-state index contributed by atoms with van der Waals surface area (Å²) in [5.74, 6) is 0.520. The van der Waals surface area contributed by atoms with Crippen LogP contribution in [0.25, 0.3) is 0 Å². The molecule has 15 heteroatoms. The van der Waals surface area contributed by atoms with Crippen LogP contribution in [-0.2, 0) is 36.9 Å². The first-order valence-corrected chi connectivity index (χ1v) is 25.2. The minimum absolute atomic E-state index is 0.140. The third-order valence-corrected chi connectivity index (χ3v) is 13.9. The Bertz CT molecular complexity index is 2190. The average Bonchev–Trinajstić information content (AvgIpc) is 3.95. The standard InChI is InChI=1S/C29H41N3O5S.C22H35N3O3/c1-22-7-10-26(11-8-22)38(34,35)36-21-24-12-13-32(19-24)27-18-23(2)6-9-25(27)20-30-14-16-31(17-15-30)28(33)37-29(3,4)5;1-17-5-6-19(20(13-17)25-8-7-18(14-25)16-26)15-23-9-11-24(12-10-23)21(27)28-22(2,3)4/h6-11,18,24H,12-17,19-21H2,1-5H3;5-6,13,18,26H,7-12,14-16H2,1-4H3/t24-;18-/m00/s1. The van der Waals surface area contributed by atoms with Gasteiger partial charge in [0, 0.05) is 121 Å². The first-order chi connectivity index (χ1) is 31.1. The van der Waals surface area contributed by atoms with Crippen LogP contribution >= 0.6 is 0 Å². The predicted octanol–water partition coefficient (Wildman–Crippen LogP) is 7.45. The topological polar surface area (TPSA) is 136 Å². The molecule has 0 radical (unpaired) electrons. The zero-order valence-electron chi connectivity index (χ0n) is 41.1. The first-order valence-electron chi connectivity index (χ1n) is 23.8. The van der Waals surface area contributed by atoms with Crippen LogP contribution in [0.3, 0.4) is 0 Å². The van der Waals surface area contributed by atoms with Crippen LogP contribution in [0.2, 0.25) is 0 Å². The molecule has 4 saturated heterocycles. The maximum atomic E-state index is 12.6. The van der Waals surface area contributed by atoms with Crippen LogP contribution in [0.5, 0.6) is 0 Å². The van der Waals surface area contributed by atoms with E-state index in [1.165, 1.54) is 33.6 Å². The van der Waals surface area contributed by atoms with Crippen molar-refractivity contribution >= 4 is 33.7 Å². The highest BCUT2D eigenvalue weighted by Crippen LogP contribution is 2.32. The molecule has 4 aliphatic rings. The van der Waals surface area contributed by atoms with Gasteiger partial charge in [0.15, 0.2) is 0 Å². The number of aryl methyl sites for hydroxylation is 3. The number of hydrogen-bond donors (Lipinski definition) is 1. The Hall–Kier alpha value is -4.41. The summed E-state index contributed by atoms with van der Waals surface area (Å²) in [6.07, 6.45) is 1.47. The number of aliphatic hydroxyl groups is 1. The number of aliphatic hydroxyl groups excluding tert-OH is 1. The Morgan fingerprint density at radius 1 is 0.591 bits per heavy atom. The van der Waals surface area contributed by atoms with Gasteiger partial charge >= 0.3 is 12.2 Å². The van der Waals surface area contributed by atoms with E-state index in [2.05, 4.69) is 69.8 Å². The third kappa shape index (κ3) is 14.8. The summed E-state index contributed by atoms with van der Waals surface area (Å²) in [5, 5.41) is 9.48. The van der Waals surface area contributed by atoms with Crippen molar-refractivity contribution in [1.82, 2.24) is 19.6 Å². The zero-order valence-corrected chi connectivity index (χ0v) is 41.9. The summed E-state index contributed by atoms with van der Waals surface area (Å²) in [4.78, 5) is 38.0. The molecule has 3 aromatic rings. The molecule has 66 heavy (non-hydrogen) atoms. The van der Waals surface area contributed by atoms with E-state index >= 15 is 0 Å². The van der Waals surface area contributed by atoms with Gasteiger partial charge in [-0.3, -0.25) is 14.0 Å². The number of nitrogens with zero attached hydrogens (tertiary/aromatic N) is 6. The van der Waals surface area contributed by atoms with Gasteiger partial charge in [0.05, 0.1) is 11.5 Å². The molecular weight excluding hydrogens is 857 g/mol. The van der Waals surface area contributed by atoms with Crippen LogP contribution in [0, 0.1) is 32.6 Å². The number of ether oxygens (including phenoxy) is 2. The van der Waals surface area contributed by atoms with Gasteiger partial charge < -0.3 is 34.2 Å². The van der Waals surface area contributed by atoms with Crippen LogP contribution in [0.4, 0.5) is 21.0 Å². The van der Waals surface area contributed by atoms with E-state index in [0.717, 1.165) is 83.9 Å². The lowest BCUT2D eigenvalue weighted by atomic mass is 10.1. The molecule has 0 aliphatic carbocycles. The second-order valence-corrected chi connectivity index (χ2v) is 22.3. The van der Waals surface area contributed by atoms with Gasteiger partial charge in [-0.15, -0.1) is 0 Å². The van der Waals surface area contributed by atoms with Crippen LogP contribution in [0.1, 0.15) is 82.2 Å². The molecule has 4 fully saturated rings. The largest absolute Gasteiger partial charge is 0.444 e. The number of hydrogen-bond acceptors (Lipinski definition) is 12. The Labute approximate surface area is 394 Å². The van der Waals surface area contributed by atoms with Crippen molar-refractivity contribution in [3.05, 3.63) is 88.5 Å². The minimum Gasteiger partial charge on any atom is -0.444 e. The molecule has 7 rings (SSSR count). The minimum atomic E-state index is -3.76. The number of piperazine rings is 2. The predicted molar refractivity (Wildman–Crippen MR) is 261 cm³/mol. The van der Waals surface area contributed by atoms with E-state index in [1.807, 2.05) is 53.4 Å². The lowest BCUT2D eigenvalue weighted by molar-refractivity contribution is 0.0129. The molecule has 0 bridgehead atoms. The third-order valence-electron chi connectivity index (χ3n) is 12.6. The van der Waals surface area contributed by atoms with Gasteiger partial charge in [-0.2, -0.15) is 8.42 Å². The molecular formula is C51H76N6O8S. The highest BCUT2D eigenvalue weighted by molar-refractivity contribution is 7.86. The number of carbonyl (C=O) groups is 2. The highest BCUT2D eigenvalue weighted by Gasteiger charge is 2.31. The molecule has 0 aromatic heterocycles. The molecule has 4 heterocycles. The van der Waals surface area contributed by atoms with Gasteiger partial charge in [0.1, 0.15) is 11.2 Å². The average molecular weight is 933 g/mol. The van der Waals surface area contributed by atoms with Crippen molar-refractivity contribution in [1.29, 1.82) is 0 Å². The molecule has 14 nitrogen and oxygen atoms in total. The van der Waals surface area contributed by atoms with Crippen molar-refractivity contribution in [2.75, 3.05) is 102 Å². The van der Waals surface area contributed by atoms with Gasteiger partial charge in [-0.05, 0) is 122 Å². The molecule has 2 atom stereocenters. The fourth-order valence-electron chi connectivity index (χ4n) is 8.86. The van der Waals surface area contributed by atoms with Crippen molar-refractivity contribution in [2.24, 2.45) is 11.8 Å². The van der Waals surface area contributed by atoms with Crippen LogP contribution in [-0.4, -0.2) is 148 Å². The smallest absolute Gasteiger partial charge is 0.410 e. The number of anilines is 2. The quantitative estimate of drug-likeness (QED) is 0.191. The zero-order chi connectivity index (χ0) is 47.8. The van der Waals surface area contributed by atoms with E-state index in [1.54, 1.807) is 29.2 Å². The van der Waals surface area contributed by atoms with Crippen molar-refractivity contribution in [3.63, 3.8) is 0 Å². The summed E-state index contributed by atoms with van der Waals surface area (Å²) in [6.45, 7) is 29.2. The van der Waals surface area contributed by atoms with Gasteiger partial charge in [0.2, 0.25) is 0 Å². The second-order valence-electron chi connectivity index (χ2n) is 20.7. The summed E-state index contributed by atoms with van der Waals surface area (Å²) < 4.78 is 41.7. The fourth-order valence-corrected chi connectivity index (χ4v) is 9.84. The molecule has 1 N–H and O–H groups in total. The van der Waals surface area contributed by atoms with E-state index in [-0.39, 0.29) is 36.2 Å². The number of benzene rings is 3.